The minimum Gasteiger partial charge on any atom is -0.465 e. The lowest BCUT2D eigenvalue weighted by molar-refractivity contribution is -0.119. The predicted octanol–water partition coefficient (Wildman–Crippen LogP) is 3.80. The average Bonchev–Trinajstić information content (AvgIpc) is 2.93. The number of carbonyl (C=O) groups is 3. The molecule has 0 saturated carbocycles. The fourth-order valence-corrected chi connectivity index (χ4v) is 4.68. The van der Waals surface area contributed by atoms with Gasteiger partial charge < -0.3 is 24.7 Å². The van der Waals surface area contributed by atoms with Crippen LogP contribution in [0.25, 0.3) is 11.1 Å². The number of nitrogens with one attached hydrogen (secondary N) is 2. The molecular formula is C28H27ClFN3O6. The first kappa shape index (κ1) is 28.0. The normalized spacial score (nSPS) is 15.2. The molecule has 2 heterocycles. The number of rotatable bonds is 8. The average molecular weight is 556 g/mol. The Morgan fingerprint density at radius 1 is 1.10 bits per heavy atom. The summed E-state index contributed by atoms with van der Waals surface area (Å²) in [5, 5.41) is 5.81. The number of methoxy groups -OCH3 is 2. The van der Waals surface area contributed by atoms with Crippen LogP contribution in [0.15, 0.2) is 59.5 Å². The molecule has 0 saturated heterocycles. The third kappa shape index (κ3) is 6.18. The van der Waals surface area contributed by atoms with Crippen LogP contribution in [0.3, 0.4) is 0 Å². The molecule has 2 amide bonds. The molecular weight excluding hydrogens is 529 g/mol. The molecule has 1 aliphatic heterocycles. The first-order valence-electron chi connectivity index (χ1n) is 12.2. The van der Waals surface area contributed by atoms with Crippen molar-refractivity contribution in [3.8, 4) is 11.1 Å². The zero-order valence-corrected chi connectivity index (χ0v) is 22.1. The summed E-state index contributed by atoms with van der Waals surface area (Å²) in [5.41, 5.74) is 1.90. The van der Waals surface area contributed by atoms with Gasteiger partial charge in [0.2, 0.25) is 5.91 Å². The van der Waals surface area contributed by atoms with Crippen molar-refractivity contribution in [2.75, 3.05) is 32.8 Å². The first-order valence-corrected chi connectivity index (χ1v) is 12.5. The minimum atomic E-state index is -1.04. The van der Waals surface area contributed by atoms with Gasteiger partial charge in [0.25, 0.3) is 11.5 Å². The molecule has 4 rings (SSSR count). The standard InChI is InChI=1S/C28H27ClFN3O6/c1-38-10-9-24(27(36)31-19-7-4-16(5-8-19)28(37)39-2)33-15-23-22(13-25(33)34)21-12-18(29)6-3-17(21)11-20(14-30)32-26(23)35/h3-8,12-13,15,20,24H,9-11,14H2,1-2H3,(H,31,36)(H,32,35). The maximum atomic E-state index is 13.7. The van der Waals surface area contributed by atoms with Crippen LogP contribution in [0.2, 0.25) is 5.02 Å². The van der Waals surface area contributed by atoms with Gasteiger partial charge in [-0.25, -0.2) is 9.18 Å². The number of benzene rings is 2. The fraction of sp³-hybridized carbons (Fsp3) is 0.286. The number of aromatic nitrogens is 1. The number of hydrogen-bond acceptors (Lipinski definition) is 6. The maximum Gasteiger partial charge on any atom is 0.337 e. The number of hydrogen-bond donors (Lipinski definition) is 2. The molecule has 2 N–H and O–H groups in total. The van der Waals surface area contributed by atoms with Crippen molar-refractivity contribution in [2.45, 2.75) is 24.9 Å². The van der Waals surface area contributed by atoms with Crippen molar-refractivity contribution in [2.24, 2.45) is 0 Å². The number of alkyl halides is 1. The summed E-state index contributed by atoms with van der Waals surface area (Å²) in [5.74, 6) is -1.62. The highest BCUT2D eigenvalue weighted by Crippen LogP contribution is 2.32. The Kier molecular flexibility index (Phi) is 8.78. The first-order chi connectivity index (χ1) is 18.7. The zero-order chi connectivity index (χ0) is 28.1. The van der Waals surface area contributed by atoms with Crippen molar-refractivity contribution in [1.29, 1.82) is 0 Å². The van der Waals surface area contributed by atoms with E-state index in [1.54, 1.807) is 18.2 Å². The number of pyridine rings is 1. The molecule has 2 aromatic carbocycles. The summed E-state index contributed by atoms with van der Waals surface area (Å²) < 4.78 is 24.8. The van der Waals surface area contributed by atoms with E-state index in [9.17, 15) is 23.6 Å². The highest BCUT2D eigenvalue weighted by molar-refractivity contribution is 6.31. The maximum absolute atomic E-state index is 13.7. The van der Waals surface area contributed by atoms with Gasteiger partial charge in [-0.15, -0.1) is 0 Å². The van der Waals surface area contributed by atoms with Crippen LogP contribution in [0.1, 0.15) is 38.7 Å². The number of anilines is 1. The van der Waals surface area contributed by atoms with E-state index >= 15 is 0 Å². The van der Waals surface area contributed by atoms with E-state index < -0.39 is 42.1 Å². The summed E-state index contributed by atoms with van der Waals surface area (Å²) in [4.78, 5) is 51.7. The van der Waals surface area contributed by atoms with Crippen LogP contribution in [0, 0.1) is 0 Å². The van der Waals surface area contributed by atoms with Gasteiger partial charge in [0.1, 0.15) is 12.7 Å². The van der Waals surface area contributed by atoms with E-state index in [2.05, 4.69) is 15.4 Å². The van der Waals surface area contributed by atoms with E-state index in [-0.39, 0.29) is 25.0 Å². The molecule has 9 nitrogen and oxygen atoms in total. The lowest BCUT2D eigenvalue weighted by Crippen LogP contribution is -2.41. The zero-order valence-electron chi connectivity index (χ0n) is 21.3. The van der Waals surface area contributed by atoms with Gasteiger partial charge in [-0.3, -0.25) is 14.4 Å². The van der Waals surface area contributed by atoms with Crippen molar-refractivity contribution in [3.05, 3.63) is 86.8 Å². The molecule has 2 unspecified atom stereocenters. The molecule has 1 aromatic heterocycles. The minimum absolute atomic E-state index is 0.105. The Balaban J connectivity index is 1.75. The molecule has 3 aromatic rings. The van der Waals surface area contributed by atoms with E-state index in [0.29, 0.717) is 27.4 Å². The SMILES string of the molecule is COCCC(C(=O)Nc1ccc(C(=O)OC)cc1)n1cc2c(cc1=O)-c1cc(Cl)ccc1CC(CF)NC2=O. The van der Waals surface area contributed by atoms with E-state index in [0.717, 1.165) is 5.56 Å². The number of esters is 1. The fourth-order valence-electron chi connectivity index (χ4n) is 4.50. The van der Waals surface area contributed by atoms with Gasteiger partial charge in [0.15, 0.2) is 0 Å². The third-order valence-corrected chi connectivity index (χ3v) is 6.72. The van der Waals surface area contributed by atoms with Crippen LogP contribution < -0.4 is 16.2 Å². The Morgan fingerprint density at radius 2 is 1.85 bits per heavy atom. The number of ether oxygens (including phenoxy) is 2. The number of fused-ring (bicyclic) bond motifs is 3. The largest absolute Gasteiger partial charge is 0.465 e. The Labute approximate surface area is 228 Å². The van der Waals surface area contributed by atoms with Gasteiger partial charge in [-0.1, -0.05) is 17.7 Å². The van der Waals surface area contributed by atoms with Crippen LogP contribution in [0.5, 0.6) is 0 Å². The molecule has 0 fully saturated rings. The quantitative estimate of drug-likeness (QED) is 0.409. The molecule has 11 heteroatoms. The van der Waals surface area contributed by atoms with Gasteiger partial charge in [-0.2, -0.15) is 0 Å². The smallest absolute Gasteiger partial charge is 0.337 e. The van der Waals surface area contributed by atoms with Crippen molar-refractivity contribution in [3.63, 3.8) is 0 Å². The van der Waals surface area contributed by atoms with Crippen LogP contribution in [-0.4, -0.2) is 55.9 Å². The van der Waals surface area contributed by atoms with Gasteiger partial charge in [0, 0.05) is 48.7 Å². The Bertz CT molecular complexity index is 1460. The number of amides is 2. The van der Waals surface area contributed by atoms with E-state index in [1.807, 2.05) is 0 Å². The molecule has 39 heavy (non-hydrogen) atoms. The molecule has 0 radical (unpaired) electrons. The highest BCUT2D eigenvalue weighted by Gasteiger charge is 2.28. The highest BCUT2D eigenvalue weighted by atomic mass is 35.5. The topological polar surface area (TPSA) is 116 Å². The molecule has 0 spiro atoms. The van der Waals surface area contributed by atoms with Gasteiger partial charge >= 0.3 is 5.97 Å². The van der Waals surface area contributed by atoms with Gasteiger partial charge in [0.05, 0.1) is 24.3 Å². The number of carbonyl (C=O) groups excluding carboxylic acids is 3. The van der Waals surface area contributed by atoms with Crippen molar-refractivity contribution < 1.29 is 28.2 Å². The summed E-state index contributed by atoms with van der Waals surface area (Å²) >= 11 is 6.23. The second-order valence-corrected chi connectivity index (χ2v) is 9.47. The summed E-state index contributed by atoms with van der Waals surface area (Å²) in [6, 6.07) is 10.6. The van der Waals surface area contributed by atoms with Crippen LogP contribution in [-0.2, 0) is 20.7 Å². The summed E-state index contributed by atoms with van der Waals surface area (Å²) in [6.45, 7) is -0.631. The molecule has 2 atom stereocenters. The van der Waals surface area contributed by atoms with Crippen molar-refractivity contribution >= 4 is 35.1 Å². The molecule has 0 aliphatic carbocycles. The summed E-state index contributed by atoms with van der Waals surface area (Å²) in [6.07, 6.45) is 1.67. The molecule has 204 valence electrons. The van der Waals surface area contributed by atoms with E-state index in [1.165, 1.54) is 55.3 Å². The molecule has 1 aliphatic rings. The summed E-state index contributed by atoms with van der Waals surface area (Å²) in [7, 11) is 2.73. The predicted molar refractivity (Wildman–Crippen MR) is 144 cm³/mol. The van der Waals surface area contributed by atoms with Crippen molar-refractivity contribution in [1.82, 2.24) is 9.88 Å². The number of halogens is 2. The number of nitrogens with zero attached hydrogens (tertiary/aromatic N) is 1. The Hall–Kier alpha value is -4.02. The lowest BCUT2D eigenvalue weighted by Gasteiger charge is -2.25. The van der Waals surface area contributed by atoms with E-state index in [4.69, 9.17) is 16.3 Å². The second kappa shape index (κ2) is 12.2. The van der Waals surface area contributed by atoms with Crippen LogP contribution >= 0.6 is 11.6 Å². The second-order valence-electron chi connectivity index (χ2n) is 9.03. The molecule has 0 bridgehead atoms. The monoisotopic (exact) mass is 555 g/mol. The lowest BCUT2D eigenvalue weighted by atomic mass is 9.90. The van der Waals surface area contributed by atoms with Crippen LogP contribution in [0.4, 0.5) is 10.1 Å². The Morgan fingerprint density at radius 3 is 2.51 bits per heavy atom. The van der Waals surface area contributed by atoms with Gasteiger partial charge in [-0.05, 0) is 53.9 Å². The third-order valence-electron chi connectivity index (χ3n) is 6.48.